The molecule has 30 heavy (non-hydrogen) atoms. The number of hydrogen-bond acceptors (Lipinski definition) is 5. The predicted molar refractivity (Wildman–Crippen MR) is 112 cm³/mol. The molecule has 1 unspecified atom stereocenters. The van der Waals surface area contributed by atoms with E-state index in [1.165, 1.54) is 64.2 Å². The summed E-state index contributed by atoms with van der Waals surface area (Å²) < 4.78 is 29.6. The molecule has 0 fully saturated rings. The summed E-state index contributed by atoms with van der Waals surface area (Å²) in [5, 5.41) is 24.1. The molecule has 4 N–H and O–H groups in total. The summed E-state index contributed by atoms with van der Waals surface area (Å²) >= 11 is 0. The van der Waals surface area contributed by atoms with E-state index in [1.54, 1.807) is 0 Å². The standard InChI is InChI=1S/C16H33O3S.C4H6O5.Na/c1-2-3-4-5-6-7-8-9-10-11-12-13-14-15-16-20(17,18)19;5-2(4(8)9)1-3(6)7;/h13H,2-12,14-16H2,1H3,(H,17,18,19);2,5H,1H2,(H,6,7)(H,8,9);/q-1;;+1. The molecule has 0 aromatic carbocycles. The van der Waals surface area contributed by atoms with Gasteiger partial charge >= 0.3 is 41.5 Å². The SMILES string of the molecule is CCCCCCCCCCCC[CH-]CCCS(=O)(=O)O.O=C(O)CC(O)C(=O)O.[Na+]. The molecule has 0 heterocycles. The number of aliphatic hydroxyl groups is 1. The molecule has 10 heteroatoms. The number of rotatable bonds is 18. The van der Waals surface area contributed by atoms with Crippen molar-refractivity contribution < 1.29 is 67.4 Å². The van der Waals surface area contributed by atoms with Crippen molar-refractivity contribution in [1.82, 2.24) is 0 Å². The number of carbonyl (C=O) groups is 2. The largest absolute Gasteiger partial charge is 1.00 e. The third-order valence-electron chi connectivity index (χ3n) is 4.23. The van der Waals surface area contributed by atoms with Gasteiger partial charge in [-0.15, -0.1) is 0 Å². The summed E-state index contributed by atoms with van der Waals surface area (Å²) in [5.41, 5.74) is 0. The van der Waals surface area contributed by atoms with E-state index in [-0.39, 0.29) is 35.3 Å². The third kappa shape index (κ3) is 32.5. The van der Waals surface area contributed by atoms with Gasteiger partial charge < -0.3 is 21.7 Å². The van der Waals surface area contributed by atoms with Crippen LogP contribution in [-0.2, 0) is 19.7 Å². The van der Waals surface area contributed by atoms with Gasteiger partial charge in [0.25, 0.3) is 10.1 Å². The average Bonchev–Trinajstić information content (AvgIpc) is 2.61. The van der Waals surface area contributed by atoms with Gasteiger partial charge in [0.1, 0.15) is 0 Å². The Hall–Kier alpha value is -0.190. The molecule has 0 aromatic rings. The average molecular weight is 463 g/mol. The molecule has 0 aromatic heterocycles. The minimum absolute atomic E-state index is 0. The Morgan fingerprint density at radius 1 is 0.833 bits per heavy atom. The first-order chi connectivity index (χ1) is 13.6. The van der Waals surface area contributed by atoms with E-state index in [0.717, 1.165) is 12.8 Å². The number of unbranched alkanes of at least 4 members (excludes halogenated alkanes) is 13. The molecule has 0 aliphatic rings. The molecule has 0 radical (unpaired) electrons. The first kappa shape index (κ1) is 34.4. The van der Waals surface area contributed by atoms with Gasteiger partial charge in [-0.25, -0.2) is 4.79 Å². The fourth-order valence-electron chi connectivity index (χ4n) is 2.58. The number of aliphatic hydroxyl groups excluding tert-OH is 1. The molecule has 0 amide bonds. The van der Waals surface area contributed by atoms with E-state index in [9.17, 15) is 18.0 Å². The fraction of sp³-hybridized carbons (Fsp3) is 0.850. The van der Waals surface area contributed by atoms with Crippen LogP contribution in [0, 0.1) is 6.42 Å². The van der Waals surface area contributed by atoms with E-state index in [2.05, 4.69) is 13.3 Å². The zero-order chi connectivity index (χ0) is 22.5. The first-order valence-corrected chi connectivity index (χ1v) is 12.1. The Morgan fingerprint density at radius 3 is 1.63 bits per heavy atom. The third-order valence-corrected chi connectivity index (χ3v) is 5.03. The summed E-state index contributed by atoms with van der Waals surface area (Å²) in [6.45, 7) is 2.25. The molecule has 0 saturated carbocycles. The Labute approximate surface area is 203 Å². The Balaban J connectivity index is -0.000000616. The van der Waals surface area contributed by atoms with Gasteiger partial charge in [0.2, 0.25) is 0 Å². The molecule has 0 spiro atoms. The van der Waals surface area contributed by atoms with Gasteiger partial charge in [-0.1, -0.05) is 77.6 Å². The molecular weight excluding hydrogens is 423 g/mol. The fourth-order valence-corrected chi connectivity index (χ4v) is 3.11. The molecule has 1 atom stereocenters. The van der Waals surface area contributed by atoms with Gasteiger partial charge in [0, 0.05) is 0 Å². The molecule has 174 valence electrons. The van der Waals surface area contributed by atoms with Crippen molar-refractivity contribution in [1.29, 1.82) is 0 Å². The van der Waals surface area contributed by atoms with Crippen LogP contribution >= 0.6 is 0 Å². The Morgan fingerprint density at radius 2 is 1.27 bits per heavy atom. The molecule has 0 aliphatic carbocycles. The monoisotopic (exact) mass is 462 g/mol. The summed E-state index contributed by atoms with van der Waals surface area (Å²) in [6, 6.07) is 0. The summed E-state index contributed by atoms with van der Waals surface area (Å²) in [4.78, 5) is 19.4. The topological polar surface area (TPSA) is 149 Å². The van der Waals surface area contributed by atoms with Crippen LogP contribution in [-0.4, -0.2) is 52.1 Å². The zero-order valence-electron chi connectivity index (χ0n) is 18.6. The second kappa shape index (κ2) is 23.5. The van der Waals surface area contributed by atoms with E-state index < -0.39 is 34.6 Å². The van der Waals surface area contributed by atoms with Crippen LogP contribution in [0.15, 0.2) is 0 Å². The minimum atomic E-state index is -3.76. The van der Waals surface area contributed by atoms with Crippen LogP contribution < -0.4 is 29.6 Å². The van der Waals surface area contributed by atoms with Crippen LogP contribution in [0.5, 0.6) is 0 Å². The maximum absolute atomic E-state index is 10.5. The van der Waals surface area contributed by atoms with Gasteiger partial charge in [-0.2, -0.15) is 21.3 Å². The summed E-state index contributed by atoms with van der Waals surface area (Å²) in [6.07, 6.45) is 15.4. The van der Waals surface area contributed by atoms with Crippen LogP contribution in [0.4, 0.5) is 0 Å². The van der Waals surface area contributed by atoms with Crippen molar-refractivity contribution in [2.45, 2.75) is 103 Å². The maximum Gasteiger partial charge on any atom is 1.00 e. The number of carboxylic acid groups (broad SMARTS) is 2. The molecular formula is C20H39NaO8S. The second-order valence-electron chi connectivity index (χ2n) is 7.14. The maximum atomic E-state index is 10.5. The van der Waals surface area contributed by atoms with Crippen molar-refractivity contribution in [3.8, 4) is 0 Å². The first-order valence-electron chi connectivity index (χ1n) is 10.5. The second-order valence-corrected chi connectivity index (χ2v) is 8.71. The zero-order valence-corrected chi connectivity index (χ0v) is 21.4. The minimum Gasteiger partial charge on any atom is -0.481 e. The van der Waals surface area contributed by atoms with Crippen LogP contribution in [0.2, 0.25) is 0 Å². The predicted octanol–water partition coefficient (Wildman–Crippen LogP) is 1.08. The number of aliphatic carboxylic acids is 2. The van der Waals surface area contributed by atoms with Crippen LogP contribution in [0.1, 0.15) is 96.8 Å². The molecule has 8 nitrogen and oxygen atoms in total. The molecule has 0 rings (SSSR count). The van der Waals surface area contributed by atoms with Gasteiger partial charge in [0.15, 0.2) is 6.10 Å². The van der Waals surface area contributed by atoms with Crippen molar-refractivity contribution in [3.05, 3.63) is 6.42 Å². The quantitative estimate of drug-likeness (QED) is 0.102. The van der Waals surface area contributed by atoms with Crippen molar-refractivity contribution in [3.63, 3.8) is 0 Å². The van der Waals surface area contributed by atoms with E-state index in [0.29, 0.717) is 6.42 Å². The normalized spacial score (nSPS) is 11.7. The van der Waals surface area contributed by atoms with Crippen molar-refractivity contribution >= 4 is 22.1 Å². The van der Waals surface area contributed by atoms with Gasteiger partial charge in [-0.05, 0) is 0 Å². The van der Waals surface area contributed by atoms with Crippen molar-refractivity contribution in [2.24, 2.45) is 0 Å². The summed E-state index contributed by atoms with van der Waals surface area (Å²) in [5.74, 6) is -2.95. The Kier molecular flexibility index (Phi) is 26.9. The van der Waals surface area contributed by atoms with E-state index in [1.807, 2.05) is 0 Å². The van der Waals surface area contributed by atoms with Crippen LogP contribution in [0.3, 0.4) is 0 Å². The summed E-state index contributed by atoms with van der Waals surface area (Å²) in [7, 11) is -3.76. The van der Waals surface area contributed by atoms with Crippen molar-refractivity contribution in [2.75, 3.05) is 5.75 Å². The molecule has 0 bridgehead atoms. The van der Waals surface area contributed by atoms with Gasteiger partial charge in [-0.3, -0.25) is 9.35 Å². The number of hydrogen-bond donors (Lipinski definition) is 4. The smallest absolute Gasteiger partial charge is 0.481 e. The van der Waals surface area contributed by atoms with E-state index >= 15 is 0 Å². The molecule has 0 aliphatic heterocycles. The Bertz CT molecular complexity index is 511. The van der Waals surface area contributed by atoms with Gasteiger partial charge in [0.05, 0.1) is 12.2 Å². The number of carboxylic acids is 2. The van der Waals surface area contributed by atoms with E-state index in [4.69, 9.17) is 19.9 Å². The molecule has 0 saturated heterocycles. The van der Waals surface area contributed by atoms with Crippen LogP contribution in [0.25, 0.3) is 0 Å².